The Hall–Kier alpha value is -2.17. The molecule has 0 spiro atoms. The zero-order valence-electron chi connectivity index (χ0n) is 9.95. The highest BCUT2D eigenvalue weighted by Gasteiger charge is 2.56. The van der Waals surface area contributed by atoms with E-state index in [1.807, 2.05) is 0 Å². The monoisotopic (exact) mass is 260 g/mol. The second-order valence-corrected chi connectivity index (χ2v) is 5.11. The molecule has 2 N–H and O–H groups in total. The van der Waals surface area contributed by atoms with Crippen molar-refractivity contribution in [3.63, 3.8) is 0 Å². The van der Waals surface area contributed by atoms with Crippen LogP contribution in [0.3, 0.4) is 0 Å². The van der Waals surface area contributed by atoms with Crippen molar-refractivity contribution in [3.8, 4) is 0 Å². The molecule has 1 saturated carbocycles. The Morgan fingerprint density at radius 3 is 2.16 bits per heavy atom. The maximum atomic E-state index is 12.0. The molecule has 5 heteroatoms. The molecular formula is C14H12O5. The smallest absolute Gasteiger partial charge is 0.308 e. The standard InChI is InChI=1S/C14H12O5/c15-9-5-8-6-3-1-2-4-7(6)10(9)12(14(18)19)11(8)13(16)17/h1-4,8,10-12H,5H2,(H,16,17)(H,18,19)/t8-,10+,11-,12+/m1/s1. The van der Waals surface area contributed by atoms with E-state index in [1.54, 1.807) is 24.3 Å². The summed E-state index contributed by atoms with van der Waals surface area (Å²) >= 11 is 0. The third-order valence-corrected chi connectivity index (χ3v) is 4.25. The minimum Gasteiger partial charge on any atom is -0.481 e. The molecule has 1 aromatic carbocycles. The van der Waals surface area contributed by atoms with E-state index in [1.165, 1.54) is 0 Å². The topological polar surface area (TPSA) is 91.7 Å². The lowest BCUT2D eigenvalue weighted by molar-refractivity contribution is -0.160. The van der Waals surface area contributed by atoms with Gasteiger partial charge in [-0.25, -0.2) is 0 Å². The molecule has 4 rings (SSSR count). The van der Waals surface area contributed by atoms with Gasteiger partial charge in [-0.3, -0.25) is 14.4 Å². The number of rotatable bonds is 2. The van der Waals surface area contributed by atoms with E-state index < -0.39 is 35.6 Å². The Morgan fingerprint density at radius 1 is 1.00 bits per heavy atom. The van der Waals surface area contributed by atoms with Crippen molar-refractivity contribution in [3.05, 3.63) is 35.4 Å². The normalized spacial score (nSPS) is 31.9. The first kappa shape index (κ1) is 11.9. The number of fused-ring (bicyclic) bond motifs is 2. The molecule has 0 unspecified atom stereocenters. The molecule has 0 amide bonds. The van der Waals surface area contributed by atoms with Crippen molar-refractivity contribution in [2.75, 3.05) is 0 Å². The highest BCUT2D eigenvalue weighted by atomic mass is 16.4. The van der Waals surface area contributed by atoms with Crippen molar-refractivity contribution < 1.29 is 24.6 Å². The molecule has 3 aliphatic carbocycles. The molecule has 0 saturated heterocycles. The van der Waals surface area contributed by atoms with E-state index in [9.17, 15) is 24.6 Å². The summed E-state index contributed by atoms with van der Waals surface area (Å²) in [6, 6.07) is 7.08. The fraction of sp³-hybridized carbons (Fsp3) is 0.357. The third-order valence-electron chi connectivity index (χ3n) is 4.25. The molecule has 0 aliphatic heterocycles. The lowest BCUT2D eigenvalue weighted by Crippen LogP contribution is -2.49. The zero-order valence-corrected chi connectivity index (χ0v) is 9.95. The Bertz CT molecular complexity index is 591. The molecule has 4 atom stereocenters. The summed E-state index contributed by atoms with van der Waals surface area (Å²) in [5.41, 5.74) is 1.51. The SMILES string of the molecule is O=C(O)[C@@H]1[C@H](C(=O)O)[C@@H]2CC(=O)[C@@H]1c1ccccc12. The van der Waals surface area contributed by atoms with Gasteiger partial charge in [0.25, 0.3) is 0 Å². The van der Waals surface area contributed by atoms with Gasteiger partial charge in [-0.2, -0.15) is 0 Å². The number of carbonyl (C=O) groups excluding carboxylic acids is 1. The summed E-state index contributed by atoms with van der Waals surface area (Å²) in [6.07, 6.45) is 0.127. The third kappa shape index (κ3) is 1.51. The average molecular weight is 260 g/mol. The van der Waals surface area contributed by atoms with Crippen LogP contribution in [0.1, 0.15) is 29.4 Å². The Balaban J connectivity index is 2.22. The van der Waals surface area contributed by atoms with Crippen LogP contribution in [-0.4, -0.2) is 27.9 Å². The van der Waals surface area contributed by atoms with Gasteiger partial charge in [0.1, 0.15) is 5.78 Å². The first-order valence-corrected chi connectivity index (χ1v) is 6.09. The Kier molecular flexibility index (Phi) is 2.45. The summed E-state index contributed by atoms with van der Waals surface area (Å²) < 4.78 is 0. The number of carboxylic acids is 2. The van der Waals surface area contributed by atoms with E-state index in [-0.39, 0.29) is 12.2 Å². The molecule has 2 bridgehead atoms. The number of hydrogen-bond acceptors (Lipinski definition) is 3. The van der Waals surface area contributed by atoms with Gasteiger partial charge < -0.3 is 10.2 Å². The van der Waals surface area contributed by atoms with Gasteiger partial charge >= 0.3 is 11.9 Å². The minimum absolute atomic E-state index is 0.127. The fourth-order valence-corrected chi connectivity index (χ4v) is 3.55. The van der Waals surface area contributed by atoms with Crippen molar-refractivity contribution in [1.82, 2.24) is 0 Å². The molecule has 19 heavy (non-hydrogen) atoms. The van der Waals surface area contributed by atoms with Crippen LogP contribution < -0.4 is 0 Å². The molecule has 0 radical (unpaired) electrons. The van der Waals surface area contributed by atoms with Crippen LogP contribution in [0.15, 0.2) is 24.3 Å². The molecule has 0 aromatic heterocycles. The summed E-state index contributed by atoms with van der Waals surface area (Å²) in [5, 5.41) is 18.6. The predicted molar refractivity (Wildman–Crippen MR) is 63.8 cm³/mol. The highest BCUT2D eigenvalue weighted by molar-refractivity contribution is 5.98. The van der Waals surface area contributed by atoms with E-state index in [0.29, 0.717) is 5.56 Å². The lowest BCUT2D eigenvalue weighted by atomic mass is 9.56. The fourth-order valence-electron chi connectivity index (χ4n) is 3.55. The van der Waals surface area contributed by atoms with E-state index in [4.69, 9.17) is 0 Å². The average Bonchev–Trinajstić information content (AvgIpc) is 2.37. The molecule has 1 aromatic rings. The van der Waals surface area contributed by atoms with Gasteiger partial charge in [0.15, 0.2) is 0 Å². The van der Waals surface area contributed by atoms with Crippen molar-refractivity contribution in [2.45, 2.75) is 18.3 Å². The largest absolute Gasteiger partial charge is 0.481 e. The van der Waals surface area contributed by atoms with Crippen LogP contribution >= 0.6 is 0 Å². The second kappa shape index (κ2) is 3.91. The zero-order chi connectivity index (χ0) is 13.7. The van der Waals surface area contributed by atoms with Gasteiger partial charge in [0.2, 0.25) is 0 Å². The van der Waals surface area contributed by atoms with Gasteiger partial charge in [-0.05, 0) is 11.1 Å². The van der Waals surface area contributed by atoms with Crippen molar-refractivity contribution >= 4 is 17.7 Å². The first-order chi connectivity index (χ1) is 9.02. The predicted octanol–water partition coefficient (Wildman–Crippen LogP) is 1.24. The maximum absolute atomic E-state index is 12.0. The van der Waals surface area contributed by atoms with Gasteiger partial charge in [-0.15, -0.1) is 0 Å². The number of carbonyl (C=O) groups is 3. The van der Waals surface area contributed by atoms with Crippen molar-refractivity contribution in [1.29, 1.82) is 0 Å². The van der Waals surface area contributed by atoms with Gasteiger partial charge in [-0.1, -0.05) is 24.3 Å². The number of Topliss-reactive ketones (excluding diaryl/α,β-unsaturated/α-hetero) is 1. The number of hydrogen-bond donors (Lipinski definition) is 2. The van der Waals surface area contributed by atoms with E-state index in [2.05, 4.69) is 0 Å². The summed E-state index contributed by atoms with van der Waals surface area (Å²) in [7, 11) is 0. The molecule has 3 aliphatic rings. The quantitative estimate of drug-likeness (QED) is 0.834. The van der Waals surface area contributed by atoms with Crippen LogP contribution in [0.25, 0.3) is 0 Å². The molecular weight excluding hydrogens is 248 g/mol. The van der Waals surface area contributed by atoms with E-state index in [0.717, 1.165) is 5.56 Å². The number of aliphatic carboxylic acids is 2. The molecule has 1 fully saturated rings. The number of carboxylic acid groups (broad SMARTS) is 2. The molecule has 98 valence electrons. The Morgan fingerprint density at radius 2 is 1.58 bits per heavy atom. The maximum Gasteiger partial charge on any atom is 0.308 e. The van der Waals surface area contributed by atoms with Crippen LogP contribution in [0.2, 0.25) is 0 Å². The van der Waals surface area contributed by atoms with Crippen LogP contribution in [0, 0.1) is 11.8 Å². The van der Waals surface area contributed by atoms with Gasteiger partial charge in [0.05, 0.1) is 17.8 Å². The second-order valence-electron chi connectivity index (χ2n) is 5.11. The number of ketones is 1. The Labute approximate surface area is 108 Å². The molecule has 0 heterocycles. The van der Waals surface area contributed by atoms with Crippen LogP contribution in [0.5, 0.6) is 0 Å². The summed E-state index contributed by atoms with van der Waals surface area (Å²) in [4.78, 5) is 34.8. The minimum atomic E-state index is -1.20. The lowest BCUT2D eigenvalue weighted by Gasteiger charge is -2.44. The highest BCUT2D eigenvalue weighted by Crippen LogP contribution is 2.54. The number of benzene rings is 1. The molecule has 5 nitrogen and oxygen atoms in total. The first-order valence-electron chi connectivity index (χ1n) is 6.09. The van der Waals surface area contributed by atoms with Gasteiger partial charge in [0, 0.05) is 12.3 Å². The summed E-state index contributed by atoms with van der Waals surface area (Å²) in [5.74, 6) is -6.01. The van der Waals surface area contributed by atoms with E-state index >= 15 is 0 Å². The van der Waals surface area contributed by atoms with Crippen LogP contribution in [-0.2, 0) is 14.4 Å². The van der Waals surface area contributed by atoms with Crippen LogP contribution in [0.4, 0.5) is 0 Å². The van der Waals surface area contributed by atoms with Crippen molar-refractivity contribution in [2.24, 2.45) is 11.8 Å². The summed E-state index contributed by atoms with van der Waals surface area (Å²) in [6.45, 7) is 0.